The van der Waals surface area contributed by atoms with Gasteiger partial charge in [-0.15, -0.1) is 4.98 Å². The molecule has 1 aromatic rings. The van der Waals surface area contributed by atoms with Crippen LogP contribution in [0.15, 0.2) is 18.3 Å². The van der Waals surface area contributed by atoms with E-state index in [0.717, 1.165) is 0 Å². The van der Waals surface area contributed by atoms with Crippen LogP contribution >= 0.6 is 11.6 Å². The van der Waals surface area contributed by atoms with Crippen molar-refractivity contribution in [1.82, 2.24) is 4.98 Å². The first-order valence-electron chi connectivity index (χ1n) is 2.77. The topological polar surface area (TPSA) is 34.3 Å². The quantitative estimate of drug-likeness (QED) is 0.473. The van der Waals surface area contributed by atoms with Crippen LogP contribution in [0.1, 0.15) is 10.4 Å². The lowest BCUT2D eigenvalue weighted by Gasteiger charge is -1.90. The summed E-state index contributed by atoms with van der Waals surface area (Å²) >= 11 is 5.16. The number of hydrogen-bond acceptors (Lipinski definition) is 2. The van der Waals surface area contributed by atoms with E-state index in [9.17, 15) is 4.79 Å². The van der Waals surface area contributed by atoms with Gasteiger partial charge in [0, 0.05) is 5.56 Å². The van der Waals surface area contributed by atoms with Gasteiger partial charge in [-0.2, -0.15) is 0 Å². The molecule has 54 valence electrons. The molecule has 0 amide bonds. The molecule has 0 bridgehead atoms. The summed E-state index contributed by atoms with van der Waals surface area (Å²) in [6.45, 7) is 6.59. The molecule has 0 aromatic carbocycles. The molecule has 0 unspecified atom stereocenters. The molecule has 1 aromatic heterocycles. The number of pyridine rings is 1. The highest BCUT2D eigenvalue weighted by Gasteiger charge is 2.02. The Morgan fingerprint density at radius 3 is 3.00 bits per heavy atom. The summed E-state index contributed by atoms with van der Waals surface area (Å²) in [4.78, 5) is 17.3. The second-order valence-corrected chi connectivity index (χ2v) is 2.13. The van der Waals surface area contributed by atoms with Gasteiger partial charge >= 0.3 is 0 Å². The second-order valence-electron chi connectivity index (χ2n) is 1.79. The fourth-order valence-corrected chi connectivity index (χ4v) is 0.719. The van der Waals surface area contributed by atoms with Gasteiger partial charge in [-0.1, -0.05) is 6.57 Å². The minimum atomic E-state index is -0.572. The van der Waals surface area contributed by atoms with Crippen molar-refractivity contribution in [3.05, 3.63) is 35.3 Å². The Kier molecular flexibility index (Phi) is 2.19. The zero-order chi connectivity index (χ0) is 8.27. The van der Waals surface area contributed by atoms with E-state index >= 15 is 0 Å². The van der Waals surface area contributed by atoms with E-state index < -0.39 is 5.24 Å². The maximum atomic E-state index is 10.5. The highest BCUT2D eigenvalue weighted by Crippen LogP contribution is 2.11. The van der Waals surface area contributed by atoms with Crippen LogP contribution < -0.4 is 0 Å². The summed E-state index contributed by atoms with van der Waals surface area (Å²) in [6, 6.07) is 2.81. The number of halogens is 1. The zero-order valence-corrected chi connectivity index (χ0v) is 6.17. The van der Waals surface area contributed by atoms with Crippen LogP contribution in [0.4, 0.5) is 5.82 Å². The van der Waals surface area contributed by atoms with E-state index in [1.807, 2.05) is 0 Å². The number of nitrogens with zero attached hydrogens (tertiary/aromatic N) is 2. The van der Waals surface area contributed by atoms with Crippen molar-refractivity contribution in [2.75, 3.05) is 0 Å². The largest absolute Gasteiger partial charge is 0.361 e. The fraction of sp³-hybridized carbons (Fsp3) is 0. The van der Waals surface area contributed by atoms with Crippen LogP contribution in [0.25, 0.3) is 4.85 Å². The molecular weight excluding hydrogens is 164 g/mol. The lowest BCUT2D eigenvalue weighted by molar-refractivity contribution is 0.108. The van der Waals surface area contributed by atoms with Crippen LogP contribution in [0, 0.1) is 6.57 Å². The average molecular weight is 167 g/mol. The Bertz CT molecular complexity index is 329. The third-order valence-corrected chi connectivity index (χ3v) is 1.31. The first kappa shape index (κ1) is 7.70. The van der Waals surface area contributed by atoms with E-state index in [-0.39, 0.29) is 5.82 Å². The summed E-state index contributed by atoms with van der Waals surface area (Å²) in [7, 11) is 0. The minimum absolute atomic E-state index is 0.177. The van der Waals surface area contributed by atoms with Gasteiger partial charge in [0.25, 0.3) is 11.1 Å². The molecule has 0 spiro atoms. The fourth-order valence-electron chi connectivity index (χ4n) is 0.602. The van der Waals surface area contributed by atoms with Crippen molar-refractivity contribution in [2.24, 2.45) is 0 Å². The van der Waals surface area contributed by atoms with Crippen LogP contribution in [0.2, 0.25) is 0 Å². The molecule has 0 aliphatic rings. The molecule has 11 heavy (non-hydrogen) atoms. The van der Waals surface area contributed by atoms with Crippen molar-refractivity contribution in [2.45, 2.75) is 0 Å². The van der Waals surface area contributed by atoms with E-state index in [0.29, 0.717) is 5.56 Å². The SMILES string of the molecule is [C-]#[N+]c1cc(C(=O)Cl)ccn1. The van der Waals surface area contributed by atoms with Crippen LogP contribution in [0.5, 0.6) is 0 Å². The lowest BCUT2D eigenvalue weighted by Crippen LogP contribution is -1.87. The molecule has 0 fully saturated rings. The Morgan fingerprint density at radius 1 is 1.73 bits per heavy atom. The van der Waals surface area contributed by atoms with Crippen LogP contribution in [-0.2, 0) is 0 Å². The van der Waals surface area contributed by atoms with Crippen LogP contribution in [0.3, 0.4) is 0 Å². The molecule has 0 atom stereocenters. The summed E-state index contributed by atoms with van der Waals surface area (Å²) in [5.41, 5.74) is 0.299. The van der Waals surface area contributed by atoms with Gasteiger partial charge in [-0.05, 0) is 23.7 Å². The van der Waals surface area contributed by atoms with Crippen molar-refractivity contribution < 1.29 is 4.79 Å². The normalized spacial score (nSPS) is 8.73. The molecule has 1 rings (SSSR count). The first-order chi connectivity index (χ1) is 5.24. The molecule has 0 saturated carbocycles. The number of carbonyl (C=O) groups excluding carboxylic acids is 1. The Labute approximate surface area is 68.4 Å². The molecule has 1 heterocycles. The summed E-state index contributed by atoms with van der Waals surface area (Å²) in [6.07, 6.45) is 1.38. The van der Waals surface area contributed by atoms with Gasteiger partial charge in [0.05, 0.1) is 0 Å². The zero-order valence-electron chi connectivity index (χ0n) is 5.41. The monoisotopic (exact) mass is 166 g/mol. The summed E-state index contributed by atoms with van der Waals surface area (Å²) in [5.74, 6) is 0.177. The number of rotatable bonds is 1. The maximum Gasteiger partial charge on any atom is 0.270 e. The Hall–Kier alpha value is -1.40. The van der Waals surface area contributed by atoms with Gasteiger partial charge in [-0.25, -0.2) is 0 Å². The van der Waals surface area contributed by atoms with E-state index in [2.05, 4.69) is 9.83 Å². The van der Waals surface area contributed by atoms with Gasteiger partial charge in [0.15, 0.2) is 0 Å². The Morgan fingerprint density at radius 2 is 2.45 bits per heavy atom. The maximum absolute atomic E-state index is 10.5. The lowest BCUT2D eigenvalue weighted by atomic mass is 10.3. The van der Waals surface area contributed by atoms with Crippen molar-refractivity contribution in [1.29, 1.82) is 0 Å². The molecule has 0 radical (unpaired) electrons. The van der Waals surface area contributed by atoms with Gasteiger partial charge < -0.3 is 4.85 Å². The van der Waals surface area contributed by atoms with Crippen LogP contribution in [-0.4, -0.2) is 10.2 Å². The highest BCUT2D eigenvalue weighted by atomic mass is 35.5. The van der Waals surface area contributed by atoms with Gasteiger partial charge in [-0.3, -0.25) is 4.79 Å². The first-order valence-corrected chi connectivity index (χ1v) is 3.15. The Balaban J connectivity index is 3.13. The third kappa shape index (κ3) is 1.76. The predicted octanol–water partition coefficient (Wildman–Crippen LogP) is 2.01. The van der Waals surface area contributed by atoms with Crippen molar-refractivity contribution in [3.63, 3.8) is 0 Å². The standard InChI is InChI=1S/C7H3ClN2O/c1-9-6-4-5(7(8)11)2-3-10-6/h2-4H. The molecule has 0 saturated heterocycles. The minimum Gasteiger partial charge on any atom is -0.361 e. The molecule has 0 aliphatic heterocycles. The number of aromatic nitrogens is 1. The third-order valence-electron chi connectivity index (χ3n) is 1.09. The summed E-state index contributed by atoms with van der Waals surface area (Å²) < 4.78 is 0. The van der Waals surface area contributed by atoms with Gasteiger partial charge in [0.1, 0.15) is 6.20 Å². The highest BCUT2D eigenvalue weighted by molar-refractivity contribution is 6.67. The van der Waals surface area contributed by atoms with Crippen molar-refractivity contribution >= 4 is 22.7 Å². The number of hydrogen-bond donors (Lipinski definition) is 0. The van der Waals surface area contributed by atoms with E-state index in [4.69, 9.17) is 18.2 Å². The van der Waals surface area contributed by atoms with Crippen molar-refractivity contribution in [3.8, 4) is 0 Å². The molecule has 3 nitrogen and oxygen atoms in total. The van der Waals surface area contributed by atoms with E-state index in [1.165, 1.54) is 18.3 Å². The molecule has 0 N–H and O–H groups in total. The number of carbonyl (C=O) groups is 1. The average Bonchev–Trinajstić information content (AvgIpc) is 2.05. The second kappa shape index (κ2) is 3.13. The smallest absolute Gasteiger partial charge is 0.270 e. The van der Waals surface area contributed by atoms with E-state index in [1.54, 1.807) is 0 Å². The molecular formula is C7H3ClN2O. The predicted molar refractivity (Wildman–Crippen MR) is 40.7 cm³/mol. The molecule has 0 aliphatic carbocycles. The summed E-state index contributed by atoms with van der Waals surface area (Å²) in [5, 5.41) is -0.572. The molecule has 4 heteroatoms. The van der Waals surface area contributed by atoms with Gasteiger partial charge in [0.2, 0.25) is 0 Å².